The van der Waals surface area contributed by atoms with Crippen LogP contribution in [0.4, 0.5) is 5.69 Å². The third-order valence-corrected chi connectivity index (χ3v) is 8.29. The number of likely N-dealkylation sites (N-methyl/N-ethyl adjacent to an activating group) is 1. The SMILES string of the molecule is CCc1ccc(N(CCCC(=O)N(Cc2ccc(Br)cc2)C(Cc2ccccc2)C(=O)NC)S(C)(=O)=O)cc1. The van der Waals surface area contributed by atoms with E-state index in [0.29, 0.717) is 18.5 Å². The first-order valence-electron chi connectivity index (χ1n) is 13.0. The highest BCUT2D eigenvalue weighted by Crippen LogP contribution is 2.21. The van der Waals surface area contributed by atoms with Crippen molar-refractivity contribution >= 4 is 43.5 Å². The average Bonchev–Trinajstić information content (AvgIpc) is 2.93. The van der Waals surface area contributed by atoms with Crippen LogP contribution >= 0.6 is 15.9 Å². The van der Waals surface area contributed by atoms with Crippen LogP contribution in [0.1, 0.15) is 36.5 Å². The molecule has 9 heteroatoms. The Morgan fingerprint density at radius 1 is 0.897 bits per heavy atom. The van der Waals surface area contributed by atoms with Crippen molar-refractivity contribution in [3.8, 4) is 0 Å². The molecule has 1 atom stereocenters. The fraction of sp³-hybridized carbons (Fsp3) is 0.333. The number of hydrogen-bond acceptors (Lipinski definition) is 4. The number of amides is 2. The number of aryl methyl sites for hydroxylation is 1. The number of carbonyl (C=O) groups excluding carboxylic acids is 2. The Balaban J connectivity index is 1.82. The molecule has 0 aliphatic carbocycles. The maximum atomic E-state index is 13.7. The van der Waals surface area contributed by atoms with Crippen LogP contribution < -0.4 is 9.62 Å². The lowest BCUT2D eigenvalue weighted by Crippen LogP contribution is -2.49. The number of rotatable bonds is 13. The predicted molar refractivity (Wildman–Crippen MR) is 160 cm³/mol. The summed E-state index contributed by atoms with van der Waals surface area (Å²) in [6.07, 6.45) is 2.80. The van der Waals surface area contributed by atoms with Gasteiger partial charge in [0, 0.05) is 37.5 Å². The summed E-state index contributed by atoms with van der Waals surface area (Å²) >= 11 is 3.44. The second kappa shape index (κ2) is 14.3. The highest BCUT2D eigenvalue weighted by atomic mass is 79.9. The molecular weight excluding hydrogens is 578 g/mol. The molecule has 0 heterocycles. The van der Waals surface area contributed by atoms with Crippen LogP contribution in [0.2, 0.25) is 0 Å². The van der Waals surface area contributed by atoms with Gasteiger partial charge in [-0.25, -0.2) is 8.42 Å². The van der Waals surface area contributed by atoms with E-state index in [1.165, 1.54) is 10.6 Å². The number of halogens is 1. The van der Waals surface area contributed by atoms with E-state index in [4.69, 9.17) is 0 Å². The van der Waals surface area contributed by atoms with E-state index in [1.807, 2.05) is 73.7 Å². The lowest BCUT2D eigenvalue weighted by Gasteiger charge is -2.31. The molecule has 1 N–H and O–H groups in total. The van der Waals surface area contributed by atoms with E-state index >= 15 is 0 Å². The Bertz CT molecular complexity index is 1330. The average molecular weight is 615 g/mol. The lowest BCUT2D eigenvalue weighted by atomic mass is 10.0. The maximum absolute atomic E-state index is 13.7. The minimum Gasteiger partial charge on any atom is -0.357 e. The van der Waals surface area contributed by atoms with Crippen molar-refractivity contribution in [1.29, 1.82) is 0 Å². The number of sulfonamides is 1. The summed E-state index contributed by atoms with van der Waals surface area (Å²) < 4.78 is 27.4. The standard InChI is InChI=1S/C30H36BrN3O4S/c1-4-23-14-18-27(19-15-23)34(39(3,37)38)20-8-11-29(35)33(22-25-12-16-26(31)17-13-25)28(30(36)32-2)21-24-9-6-5-7-10-24/h5-7,9-10,12-19,28H,4,8,11,20-22H2,1-3H3,(H,32,36). The fourth-order valence-electron chi connectivity index (χ4n) is 4.41. The van der Waals surface area contributed by atoms with Crippen molar-refractivity contribution in [2.75, 3.05) is 24.2 Å². The van der Waals surface area contributed by atoms with Crippen LogP contribution in [-0.2, 0) is 39.0 Å². The van der Waals surface area contributed by atoms with Crippen molar-refractivity contribution in [3.05, 3.63) is 100 Å². The fourth-order valence-corrected chi connectivity index (χ4v) is 5.64. The molecule has 0 fully saturated rings. The van der Waals surface area contributed by atoms with E-state index in [1.54, 1.807) is 24.1 Å². The van der Waals surface area contributed by atoms with Crippen molar-refractivity contribution < 1.29 is 18.0 Å². The molecule has 0 aliphatic rings. The molecular formula is C30H36BrN3O4S. The normalized spacial score (nSPS) is 12.0. The van der Waals surface area contributed by atoms with Crippen LogP contribution in [0, 0.1) is 0 Å². The number of hydrogen-bond donors (Lipinski definition) is 1. The minimum atomic E-state index is -3.54. The number of anilines is 1. The van der Waals surface area contributed by atoms with Crippen molar-refractivity contribution in [3.63, 3.8) is 0 Å². The lowest BCUT2D eigenvalue weighted by molar-refractivity contribution is -0.141. The Hall–Kier alpha value is -3.17. The third-order valence-electron chi connectivity index (χ3n) is 6.57. The Morgan fingerprint density at radius 2 is 1.51 bits per heavy atom. The van der Waals surface area contributed by atoms with Crippen molar-refractivity contribution in [2.24, 2.45) is 0 Å². The topological polar surface area (TPSA) is 86.8 Å². The second-order valence-electron chi connectivity index (χ2n) is 9.43. The highest BCUT2D eigenvalue weighted by molar-refractivity contribution is 9.10. The van der Waals surface area contributed by atoms with Crippen LogP contribution in [-0.4, -0.2) is 51.0 Å². The molecule has 3 aromatic rings. The molecule has 7 nitrogen and oxygen atoms in total. The summed E-state index contributed by atoms with van der Waals surface area (Å²) in [7, 11) is -1.98. The molecule has 3 rings (SSSR count). The van der Waals surface area contributed by atoms with E-state index in [0.717, 1.165) is 27.6 Å². The van der Waals surface area contributed by atoms with E-state index < -0.39 is 16.1 Å². The molecule has 2 amide bonds. The minimum absolute atomic E-state index is 0.0951. The van der Waals surface area contributed by atoms with Crippen LogP contribution in [0.25, 0.3) is 0 Å². The molecule has 3 aromatic carbocycles. The smallest absolute Gasteiger partial charge is 0.242 e. The molecule has 0 saturated heterocycles. The van der Waals surface area contributed by atoms with Crippen LogP contribution in [0.15, 0.2) is 83.3 Å². The molecule has 0 aliphatic heterocycles. The Labute approximate surface area is 240 Å². The third kappa shape index (κ3) is 8.93. The van der Waals surface area contributed by atoms with Crippen LogP contribution in [0.5, 0.6) is 0 Å². The van der Waals surface area contributed by atoms with Gasteiger partial charge in [-0.2, -0.15) is 0 Å². The van der Waals surface area contributed by atoms with Gasteiger partial charge in [0.25, 0.3) is 0 Å². The highest BCUT2D eigenvalue weighted by Gasteiger charge is 2.30. The first-order valence-corrected chi connectivity index (χ1v) is 15.6. The summed E-state index contributed by atoms with van der Waals surface area (Å²) in [5.41, 5.74) is 3.52. The summed E-state index contributed by atoms with van der Waals surface area (Å²) in [5.74, 6) is -0.463. The molecule has 0 aromatic heterocycles. The van der Waals surface area contributed by atoms with Gasteiger partial charge in [-0.3, -0.25) is 13.9 Å². The molecule has 1 unspecified atom stereocenters. The quantitative estimate of drug-likeness (QED) is 0.296. The zero-order valence-corrected chi connectivity index (χ0v) is 25.0. The van der Waals surface area contributed by atoms with Gasteiger partial charge in [0.15, 0.2) is 0 Å². The van der Waals surface area contributed by atoms with E-state index in [-0.39, 0.29) is 31.3 Å². The number of nitrogens with one attached hydrogen (secondary N) is 1. The second-order valence-corrected chi connectivity index (χ2v) is 12.2. The van der Waals surface area contributed by atoms with Gasteiger partial charge in [0.1, 0.15) is 6.04 Å². The maximum Gasteiger partial charge on any atom is 0.242 e. The van der Waals surface area contributed by atoms with E-state index in [2.05, 4.69) is 21.2 Å². The number of nitrogens with zero attached hydrogens (tertiary/aromatic N) is 2. The summed E-state index contributed by atoms with van der Waals surface area (Å²) in [5, 5.41) is 2.71. The molecule has 0 saturated carbocycles. The van der Waals surface area contributed by atoms with Crippen LogP contribution in [0.3, 0.4) is 0 Å². The Morgan fingerprint density at radius 3 is 2.08 bits per heavy atom. The molecule has 0 spiro atoms. The Kier molecular flexibility index (Phi) is 11.1. The van der Waals surface area contributed by atoms with Gasteiger partial charge >= 0.3 is 0 Å². The van der Waals surface area contributed by atoms with Gasteiger partial charge in [-0.05, 0) is 53.8 Å². The number of carbonyl (C=O) groups is 2. The van der Waals surface area contributed by atoms with Crippen molar-refractivity contribution in [1.82, 2.24) is 10.2 Å². The van der Waals surface area contributed by atoms with Gasteiger partial charge in [-0.15, -0.1) is 0 Å². The van der Waals surface area contributed by atoms with Gasteiger partial charge in [-0.1, -0.05) is 77.5 Å². The van der Waals surface area contributed by atoms with Crippen molar-refractivity contribution in [2.45, 2.75) is 45.2 Å². The van der Waals surface area contributed by atoms with Gasteiger partial charge < -0.3 is 10.2 Å². The number of benzene rings is 3. The summed E-state index contributed by atoms with van der Waals surface area (Å²) in [6.45, 7) is 2.45. The zero-order valence-electron chi connectivity index (χ0n) is 22.6. The molecule has 39 heavy (non-hydrogen) atoms. The predicted octanol–water partition coefficient (Wildman–Crippen LogP) is 4.94. The largest absolute Gasteiger partial charge is 0.357 e. The zero-order chi connectivity index (χ0) is 28.4. The van der Waals surface area contributed by atoms with Gasteiger partial charge in [0.2, 0.25) is 21.8 Å². The monoisotopic (exact) mass is 613 g/mol. The summed E-state index contributed by atoms with van der Waals surface area (Å²) in [6, 6.07) is 23.9. The first-order chi connectivity index (χ1) is 18.6. The van der Waals surface area contributed by atoms with E-state index in [9.17, 15) is 18.0 Å². The van der Waals surface area contributed by atoms with Gasteiger partial charge in [0.05, 0.1) is 11.9 Å². The molecule has 0 bridgehead atoms. The first kappa shape index (κ1) is 30.4. The summed E-state index contributed by atoms with van der Waals surface area (Å²) in [4.78, 5) is 28.4. The molecule has 0 radical (unpaired) electrons. The molecule has 208 valence electrons.